The molecular formula is C18H19NO5S. The predicted octanol–water partition coefficient (Wildman–Crippen LogP) is 2.90. The fourth-order valence-corrected chi connectivity index (χ4v) is 3.29. The van der Waals surface area contributed by atoms with Crippen molar-refractivity contribution in [3.05, 3.63) is 65.2 Å². The van der Waals surface area contributed by atoms with Gasteiger partial charge >= 0.3 is 5.97 Å². The highest BCUT2D eigenvalue weighted by Crippen LogP contribution is 2.22. The lowest BCUT2D eigenvalue weighted by atomic mass is 10.2. The van der Waals surface area contributed by atoms with Gasteiger partial charge < -0.3 is 14.8 Å². The minimum Gasteiger partial charge on any atom is -0.497 e. The second-order valence-electron chi connectivity index (χ2n) is 5.19. The highest BCUT2D eigenvalue weighted by molar-refractivity contribution is 7.96. The van der Waals surface area contributed by atoms with Crippen LogP contribution < -0.4 is 10.1 Å². The molecule has 0 aliphatic carbocycles. The van der Waals surface area contributed by atoms with Crippen molar-refractivity contribution in [2.24, 2.45) is 0 Å². The molecule has 2 rings (SSSR count). The monoisotopic (exact) mass is 361 g/mol. The first-order chi connectivity index (χ1) is 11.9. The van der Waals surface area contributed by atoms with E-state index in [2.05, 4.69) is 10.1 Å². The fraction of sp³-hybridized carbons (Fsp3) is 0.167. The number of hydrogen-bond donors (Lipinski definition) is 1. The summed E-state index contributed by atoms with van der Waals surface area (Å²) in [6.45, 7) is 1.85. The zero-order valence-electron chi connectivity index (χ0n) is 14.1. The summed E-state index contributed by atoms with van der Waals surface area (Å²) in [5.41, 5.74) is 1.51. The molecule has 0 heterocycles. The van der Waals surface area contributed by atoms with Gasteiger partial charge in [-0.15, -0.1) is 0 Å². The first-order valence-corrected chi connectivity index (χ1v) is 8.87. The topological polar surface area (TPSA) is 81.7 Å². The summed E-state index contributed by atoms with van der Waals surface area (Å²) in [6, 6.07) is 13.1. The van der Waals surface area contributed by atoms with Crippen LogP contribution in [-0.2, 0) is 19.4 Å². The van der Waals surface area contributed by atoms with Crippen LogP contribution in [-0.4, -0.2) is 28.6 Å². The van der Waals surface area contributed by atoms with E-state index in [1.54, 1.807) is 43.5 Å². The average Bonchev–Trinajstić information content (AvgIpc) is 2.62. The third-order valence-corrected chi connectivity index (χ3v) is 5.22. The van der Waals surface area contributed by atoms with Crippen molar-refractivity contribution < 1.29 is 22.7 Å². The molecule has 0 spiro atoms. The van der Waals surface area contributed by atoms with Crippen molar-refractivity contribution in [3.8, 4) is 5.75 Å². The van der Waals surface area contributed by atoms with Crippen LogP contribution in [0, 0.1) is 6.92 Å². The molecule has 0 bridgehead atoms. The number of hydrogen-bond acceptors (Lipinski definition) is 6. The number of rotatable bonds is 6. The molecular weight excluding hydrogens is 342 g/mol. The van der Waals surface area contributed by atoms with Crippen LogP contribution in [0.2, 0.25) is 0 Å². The van der Waals surface area contributed by atoms with Gasteiger partial charge in [-0.1, -0.05) is 17.7 Å². The first kappa shape index (κ1) is 18.5. The molecule has 0 fully saturated rings. The van der Waals surface area contributed by atoms with Crippen molar-refractivity contribution in [1.82, 2.24) is 0 Å². The summed E-state index contributed by atoms with van der Waals surface area (Å²) >= 11 is 0. The van der Waals surface area contributed by atoms with E-state index in [1.165, 1.54) is 12.1 Å². The van der Waals surface area contributed by atoms with E-state index in [1.807, 2.05) is 6.92 Å². The molecule has 2 aromatic carbocycles. The molecule has 0 aliphatic heterocycles. The number of ether oxygens (including phenoxy) is 2. The van der Waals surface area contributed by atoms with Gasteiger partial charge in [-0.05, 0) is 43.3 Å². The Morgan fingerprint density at radius 1 is 1.00 bits per heavy atom. The molecule has 0 aromatic heterocycles. The van der Waals surface area contributed by atoms with Gasteiger partial charge in [-0.3, -0.25) is 0 Å². The van der Waals surface area contributed by atoms with E-state index in [0.29, 0.717) is 11.4 Å². The van der Waals surface area contributed by atoms with Gasteiger partial charge in [0.05, 0.1) is 19.1 Å². The smallest absolute Gasteiger partial charge is 0.351 e. The Morgan fingerprint density at radius 3 is 2.12 bits per heavy atom. The largest absolute Gasteiger partial charge is 0.497 e. The van der Waals surface area contributed by atoms with Crippen LogP contribution in [0.1, 0.15) is 5.56 Å². The van der Waals surface area contributed by atoms with Crippen LogP contribution in [0.5, 0.6) is 5.75 Å². The molecule has 0 radical (unpaired) electrons. The minimum absolute atomic E-state index is 0.0197. The number of carbonyl (C=O) groups excluding carboxylic acids is 1. The average molecular weight is 361 g/mol. The molecule has 0 atom stereocenters. The van der Waals surface area contributed by atoms with Crippen molar-refractivity contribution in [2.75, 3.05) is 19.5 Å². The zero-order valence-corrected chi connectivity index (χ0v) is 15.0. The maximum absolute atomic E-state index is 12.7. The number of anilines is 1. The lowest BCUT2D eigenvalue weighted by molar-refractivity contribution is -0.135. The van der Waals surface area contributed by atoms with Crippen LogP contribution in [0.15, 0.2) is 64.5 Å². The summed E-state index contributed by atoms with van der Waals surface area (Å²) in [5, 5.41) is 2.80. The molecule has 1 N–H and O–H groups in total. The zero-order chi connectivity index (χ0) is 18.4. The normalized spacial score (nSPS) is 11.7. The molecule has 6 nitrogen and oxygen atoms in total. The van der Waals surface area contributed by atoms with Gasteiger partial charge in [0.15, 0.2) is 4.91 Å². The summed E-state index contributed by atoms with van der Waals surface area (Å²) in [7, 11) is -1.33. The molecule has 0 saturated carbocycles. The van der Waals surface area contributed by atoms with Gasteiger partial charge in [-0.25, -0.2) is 13.2 Å². The number of methoxy groups -OCH3 is 2. The van der Waals surface area contributed by atoms with E-state index < -0.39 is 20.7 Å². The summed E-state index contributed by atoms with van der Waals surface area (Å²) in [4.78, 5) is 11.5. The number of aryl methyl sites for hydroxylation is 1. The van der Waals surface area contributed by atoms with E-state index in [4.69, 9.17) is 4.74 Å². The van der Waals surface area contributed by atoms with E-state index in [0.717, 1.165) is 18.9 Å². The minimum atomic E-state index is -4.01. The highest BCUT2D eigenvalue weighted by atomic mass is 32.2. The molecule has 7 heteroatoms. The second-order valence-corrected chi connectivity index (χ2v) is 7.11. The van der Waals surface area contributed by atoms with Crippen molar-refractivity contribution in [1.29, 1.82) is 0 Å². The quantitative estimate of drug-likeness (QED) is 0.629. The molecule has 0 saturated heterocycles. The molecule has 25 heavy (non-hydrogen) atoms. The van der Waals surface area contributed by atoms with Crippen molar-refractivity contribution in [3.63, 3.8) is 0 Å². The van der Waals surface area contributed by atoms with Crippen molar-refractivity contribution >= 4 is 21.5 Å². The first-order valence-electron chi connectivity index (χ1n) is 7.39. The summed E-state index contributed by atoms with van der Waals surface area (Å²) < 4.78 is 35.2. The Kier molecular flexibility index (Phi) is 5.82. The third kappa shape index (κ3) is 4.39. The van der Waals surface area contributed by atoms with Crippen LogP contribution in [0.25, 0.3) is 0 Å². The number of benzene rings is 2. The Hall–Kier alpha value is -2.80. The maximum atomic E-state index is 12.7. The lowest BCUT2D eigenvalue weighted by Gasteiger charge is -2.09. The third-order valence-electron chi connectivity index (χ3n) is 3.47. The highest BCUT2D eigenvalue weighted by Gasteiger charge is 2.28. The standard InChI is InChI=1S/C18H19NO5S/c1-13-4-10-16(11-5-13)25(21,22)17(18(20)24-3)12-19-14-6-8-15(23-2)9-7-14/h4-12,19H,1-3H3/b17-12-. The lowest BCUT2D eigenvalue weighted by Crippen LogP contribution is -2.17. The van der Waals surface area contributed by atoms with Gasteiger partial charge in [0, 0.05) is 11.9 Å². The fourth-order valence-electron chi connectivity index (χ4n) is 2.03. The second kappa shape index (κ2) is 7.85. The Bertz CT molecular complexity index is 869. The van der Waals surface area contributed by atoms with E-state index in [9.17, 15) is 13.2 Å². The molecule has 0 unspecified atom stereocenters. The molecule has 0 aliphatic rings. The van der Waals surface area contributed by atoms with Gasteiger partial charge in [-0.2, -0.15) is 0 Å². The van der Waals surface area contributed by atoms with Crippen molar-refractivity contribution in [2.45, 2.75) is 11.8 Å². The molecule has 0 amide bonds. The number of carbonyl (C=O) groups is 1. The molecule has 2 aromatic rings. The number of sulfone groups is 1. The van der Waals surface area contributed by atoms with Gasteiger partial charge in [0.2, 0.25) is 9.84 Å². The van der Waals surface area contributed by atoms with Crippen LogP contribution in [0.4, 0.5) is 5.69 Å². The number of nitrogens with one attached hydrogen (secondary N) is 1. The maximum Gasteiger partial charge on any atom is 0.351 e. The number of esters is 1. The Labute approximate surface area is 147 Å². The molecule has 132 valence electrons. The van der Waals surface area contributed by atoms with Crippen LogP contribution >= 0.6 is 0 Å². The predicted molar refractivity (Wildman–Crippen MR) is 95.1 cm³/mol. The van der Waals surface area contributed by atoms with Gasteiger partial charge in [0.25, 0.3) is 0 Å². The van der Waals surface area contributed by atoms with E-state index >= 15 is 0 Å². The van der Waals surface area contributed by atoms with E-state index in [-0.39, 0.29) is 4.90 Å². The SMILES string of the molecule is COC(=O)/C(=C/Nc1ccc(OC)cc1)S(=O)(=O)c1ccc(C)cc1. The summed E-state index contributed by atoms with van der Waals surface area (Å²) in [5.74, 6) is -0.281. The Morgan fingerprint density at radius 2 is 1.60 bits per heavy atom. The van der Waals surface area contributed by atoms with Gasteiger partial charge in [0.1, 0.15) is 5.75 Å². The van der Waals surface area contributed by atoms with Crippen LogP contribution in [0.3, 0.4) is 0 Å². The summed E-state index contributed by atoms with van der Waals surface area (Å²) in [6.07, 6.45) is 1.13. The Balaban J connectivity index is 2.37.